The maximum Gasteiger partial charge on any atom is 0.219 e. The van der Waals surface area contributed by atoms with Crippen molar-refractivity contribution >= 4 is 21.8 Å². The Morgan fingerprint density at radius 2 is 1.23 bits per heavy atom. The molecule has 6 nitrogen and oxygen atoms in total. The Kier molecular flexibility index (Phi) is 8.67. The van der Waals surface area contributed by atoms with Crippen LogP contribution in [0, 0.1) is 0 Å². The third kappa shape index (κ3) is 6.99. The van der Waals surface area contributed by atoms with Gasteiger partial charge in [0.05, 0.1) is 28.1 Å². The van der Waals surface area contributed by atoms with Crippen molar-refractivity contribution in [2.45, 2.75) is 105 Å². The molecule has 1 N–H and O–H groups in total. The largest absolute Gasteiger partial charge is 0.439 e. The van der Waals surface area contributed by atoms with Gasteiger partial charge in [-0.1, -0.05) is 119 Å². The van der Waals surface area contributed by atoms with E-state index in [1.165, 1.54) is 33.2 Å². The molecule has 6 heteroatoms. The lowest BCUT2D eigenvalue weighted by Gasteiger charge is -2.33. The van der Waals surface area contributed by atoms with Crippen LogP contribution < -0.4 is 4.74 Å². The molecular formula is C47H53N5O. The molecule has 7 rings (SSSR count). The van der Waals surface area contributed by atoms with Gasteiger partial charge in [-0.2, -0.15) is 5.10 Å². The summed E-state index contributed by atoms with van der Waals surface area (Å²) in [6.45, 7) is 27.3. The minimum atomic E-state index is -0.0834. The van der Waals surface area contributed by atoms with E-state index < -0.39 is 0 Å². The molecule has 272 valence electrons. The van der Waals surface area contributed by atoms with Gasteiger partial charge in [0.1, 0.15) is 11.6 Å². The van der Waals surface area contributed by atoms with Crippen LogP contribution in [0.15, 0.2) is 97.2 Å². The van der Waals surface area contributed by atoms with E-state index in [-0.39, 0.29) is 21.7 Å². The van der Waals surface area contributed by atoms with E-state index in [4.69, 9.17) is 19.8 Å². The zero-order valence-corrected chi connectivity index (χ0v) is 33.4. The fourth-order valence-corrected chi connectivity index (χ4v) is 7.13. The molecule has 0 unspecified atom stereocenters. The van der Waals surface area contributed by atoms with Crippen molar-refractivity contribution in [2.75, 3.05) is 0 Å². The van der Waals surface area contributed by atoms with Crippen molar-refractivity contribution in [3.63, 3.8) is 0 Å². The van der Waals surface area contributed by atoms with Gasteiger partial charge in [0.2, 0.25) is 5.88 Å². The summed E-state index contributed by atoms with van der Waals surface area (Å²) >= 11 is 0. The van der Waals surface area contributed by atoms with E-state index in [1.54, 1.807) is 0 Å². The number of rotatable bonds is 5. The number of pyridine rings is 2. The predicted molar refractivity (Wildman–Crippen MR) is 221 cm³/mol. The number of benzene rings is 3. The predicted octanol–water partition coefficient (Wildman–Crippen LogP) is 12.6. The van der Waals surface area contributed by atoms with Crippen LogP contribution in [0.4, 0.5) is 0 Å². The van der Waals surface area contributed by atoms with Crippen LogP contribution in [-0.2, 0) is 21.7 Å². The zero-order chi connectivity index (χ0) is 38.1. The highest BCUT2D eigenvalue weighted by molar-refractivity contribution is 6.09. The number of nitrogens with zero attached hydrogens (tertiary/aromatic N) is 4. The number of fused-ring (bicyclic) bond motifs is 3. The summed E-state index contributed by atoms with van der Waals surface area (Å²) in [4.78, 5) is 9.79. The van der Waals surface area contributed by atoms with Gasteiger partial charge in [0.25, 0.3) is 0 Å². The SMILES string of the molecule is CC(C)(C)c1ccnc(-n2c3ccccc3c3ccc(Oc4cccc(-c5cc(-c6c(C(C)(C)C)cc(C(C)(C)C)cc6C(C)(C)C)n[nH]5)n4)cc32)c1. The maximum absolute atomic E-state index is 6.50. The number of para-hydroxylation sites is 1. The highest BCUT2D eigenvalue weighted by Crippen LogP contribution is 2.44. The van der Waals surface area contributed by atoms with Gasteiger partial charge in [0, 0.05) is 34.7 Å². The fraction of sp³-hybridized carbons (Fsp3) is 0.340. The molecule has 0 saturated heterocycles. The number of hydrogen-bond acceptors (Lipinski definition) is 4. The average Bonchev–Trinajstić information content (AvgIpc) is 3.70. The van der Waals surface area contributed by atoms with Crippen molar-refractivity contribution in [1.82, 2.24) is 24.7 Å². The Bertz CT molecular complexity index is 2440. The molecule has 0 radical (unpaired) electrons. The lowest BCUT2D eigenvalue weighted by molar-refractivity contribution is 0.464. The quantitative estimate of drug-likeness (QED) is 0.194. The summed E-state index contributed by atoms with van der Waals surface area (Å²) in [5.74, 6) is 2.09. The summed E-state index contributed by atoms with van der Waals surface area (Å²) in [6, 6.07) is 31.8. The number of nitrogens with one attached hydrogen (secondary N) is 1. The number of hydrogen-bond donors (Lipinski definition) is 1. The third-order valence-electron chi connectivity index (χ3n) is 10.2. The number of H-pyrrole nitrogens is 1. The molecule has 0 aliphatic heterocycles. The first-order chi connectivity index (χ1) is 24.8. The van der Waals surface area contributed by atoms with Crippen molar-refractivity contribution < 1.29 is 4.74 Å². The normalized spacial score (nSPS) is 12.9. The molecular weight excluding hydrogens is 651 g/mol. The van der Waals surface area contributed by atoms with Crippen LogP contribution in [0.25, 0.3) is 50.3 Å². The minimum Gasteiger partial charge on any atom is -0.439 e. The van der Waals surface area contributed by atoms with Crippen LogP contribution in [0.3, 0.4) is 0 Å². The smallest absolute Gasteiger partial charge is 0.219 e. The van der Waals surface area contributed by atoms with Crippen molar-refractivity contribution in [3.8, 4) is 40.1 Å². The van der Waals surface area contributed by atoms with E-state index >= 15 is 0 Å². The second kappa shape index (κ2) is 12.7. The second-order valence-corrected chi connectivity index (χ2v) is 18.5. The molecule has 53 heavy (non-hydrogen) atoms. The maximum atomic E-state index is 6.50. The molecule has 0 bridgehead atoms. The van der Waals surface area contributed by atoms with E-state index in [0.29, 0.717) is 11.6 Å². The van der Waals surface area contributed by atoms with Gasteiger partial charge < -0.3 is 4.74 Å². The Balaban J connectivity index is 1.27. The van der Waals surface area contributed by atoms with Crippen molar-refractivity contribution in [1.29, 1.82) is 0 Å². The van der Waals surface area contributed by atoms with Gasteiger partial charge in [-0.05, 0) is 86.4 Å². The highest BCUT2D eigenvalue weighted by atomic mass is 16.5. The monoisotopic (exact) mass is 703 g/mol. The van der Waals surface area contributed by atoms with Crippen LogP contribution >= 0.6 is 0 Å². The van der Waals surface area contributed by atoms with Gasteiger partial charge >= 0.3 is 0 Å². The average molecular weight is 704 g/mol. The molecule has 4 aromatic heterocycles. The van der Waals surface area contributed by atoms with Gasteiger partial charge in [-0.3, -0.25) is 9.67 Å². The molecule has 0 atom stereocenters. The Morgan fingerprint density at radius 1 is 0.566 bits per heavy atom. The lowest BCUT2D eigenvalue weighted by Crippen LogP contribution is -2.23. The fourth-order valence-electron chi connectivity index (χ4n) is 7.13. The molecule has 0 aliphatic carbocycles. The van der Waals surface area contributed by atoms with E-state index in [2.05, 4.69) is 159 Å². The number of aromatic amines is 1. The van der Waals surface area contributed by atoms with Gasteiger partial charge in [0.15, 0.2) is 0 Å². The van der Waals surface area contributed by atoms with E-state index in [1.807, 2.05) is 30.5 Å². The summed E-state index contributed by atoms with van der Waals surface area (Å²) in [5, 5.41) is 10.5. The number of ether oxygens (including phenoxy) is 1. The van der Waals surface area contributed by atoms with E-state index in [0.717, 1.165) is 39.3 Å². The summed E-state index contributed by atoms with van der Waals surface area (Å²) in [7, 11) is 0. The summed E-state index contributed by atoms with van der Waals surface area (Å²) in [6.07, 6.45) is 1.90. The molecule has 7 aromatic rings. The highest BCUT2D eigenvalue weighted by Gasteiger charge is 2.31. The first-order valence-electron chi connectivity index (χ1n) is 18.7. The van der Waals surface area contributed by atoms with Crippen molar-refractivity contribution in [2.24, 2.45) is 0 Å². The zero-order valence-electron chi connectivity index (χ0n) is 33.4. The third-order valence-corrected chi connectivity index (χ3v) is 10.2. The van der Waals surface area contributed by atoms with Gasteiger partial charge in [-0.15, -0.1) is 0 Å². The summed E-state index contributed by atoms with van der Waals surface area (Å²) < 4.78 is 8.73. The Labute approximate surface area is 314 Å². The molecule has 0 amide bonds. The molecule has 0 spiro atoms. The molecule has 3 aromatic carbocycles. The topological polar surface area (TPSA) is 68.6 Å². The van der Waals surface area contributed by atoms with Gasteiger partial charge in [-0.25, -0.2) is 9.97 Å². The summed E-state index contributed by atoms with van der Waals surface area (Å²) in [5.41, 5.74) is 10.9. The van der Waals surface area contributed by atoms with Crippen molar-refractivity contribution in [3.05, 3.63) is 119 Å². The standard InChI is InChI=1S/C47H53N5O/c1-44(2,3)29-22-23-48-41(26-29)52-39-18-14-13-16-32(39)33-21-20-31(27-40(33)52)53-42-19-15-17-36(49-42)37-28-38(51-50-37)43-34(46(7,8)9)24-30(45(4,5)6)25-35(43)47(10,11)12/h13-28H,1-12H3,(H,50,51). The van der Waals surface area contributed by atoms with Crippen LogP contribution in [0.1, 0.15) is 105 Å². The first-order valence-corrected chi connectivity index (χ1v) is 18.7. The Morgan fingerprint density at radius 3 is 1.89 bits per heavy atom. The second-order valence-electron chi connectivity index (χ2n) is 18.5. The first kappa shape index (κ1) is 36.1. The molecule has 4 heterocycles. The molecule has 0 fully saturated rings. The van der Waals surface area contributed by atoms with Crippen LogP contribution in [0.2, 0.25) is 0 Å². The molecule has 0 aliphatic rings. The lowest BCUT2D eigenvalue weighted by atomic mass is 9.71. The number of aromatic nitrogens is 5. The van der Waals surface area contributed by atoms with Crippen LogP contribution in [-0.4, -0.2) is 24.7 Å². The molecule has 0 saturated carbocycles. The minimum absolute atomic E-state index is 0.00251. The van der Waals surface area contributed by atoms with Crippen LogP contribution in [0.5, 0.6) is 11.6 Å². The van der Waals surface area contributed by atoms with E-state index in [9.17, 15) is 0 Å². The Hall–Kier alpha value is -5.23.